The highest BCUT2D eigenvalue weighted by Crippen LogP contribution is 2.27. The summed E-state index contributed by atoms with van der Waals surface area (Å²) in [6.45, 7) is 2.48. The van der Waals surface area contributed by atoms with Crippen molar-refractivity contribution in [1.82, 2.24) is 25.1 Å². The minimum atomic E-state index is -0.351. The lowest BCUT2D eigenvalue weighted by Gasteiger charge is -2.12. The molecule has 3 rings (SSSR count). The smallest absolute Gasteiger partial charge is 0.288 e. The quantitative estimate of drug-likeness (QED) is 0.724. The van der Waals surface area contributed by atoms with Crippen LogP contribution in [0.5, 0.6) is 0 Å². The van der Waals surface area contributed by atoms with Crippen molar-refractivity contribution in [1.29, 1.82) is 0 Å². The molecule has 0 bridgehead atoms. The van der Waals surface area contributed by atoms with Crippen LogP contribution < -0.4 is 10.9 Å². The summed E-state index contributed by atoms with van der Waals surface area (Å²) in [5.41, 5.74) is 0.302. The molecule has 11 heteroatoms. The van der Waals surface area contributed by atoms with Crippen LogP contribution in [-0.2, 0) is 11.3 Å². The lowest BCUT2D eigenvalue weighted by Crippen LogP contribution is -2.37. The first-order valence-corrected chi connectivity index (χ1v) is 10.0. The molecule has 0 unspecified atom stereocenters. The fourth-order valence-electron chi connectivity index (χ4n) is 2.74. The van der Waals surface area contributed by atoms with Gasteiger partial charge in [-0.15, -0.1) is 11.3 Å². The van der Waals surface area contributed by atoms with E-state index in [2.05, 4.69) is 15.3 Å². The maximum absolute atomic E-state index is 12.5. The molecule has 0 aliphatic carbocycles. The maximum atomic E-state index is 12.5. The largest absolute Gasteiger partial charge is 0.350 e. The highest BCUT2D eigenvalue weighted by atomic mass is 32.2. The van der Waals surface area contributed by atoms with Gasteiger partial charge in [0, 0.05) is 13.1 Å². The summed E-state index contributed by atoms with van der Waals surface area (Å²) < 4.78 is 0. The van der Waals surface area contributed by atoms with E-state index in [9.17, 15) is 19.2 Å². The summed E-state index contributed by atoms with van der Waals surface area (Å²) in [5.74, 6) is 0.0814. The van der Waals surface area contributed by atoms with Crippen LogP contribution in [0, 0.1) is 6.92 Å². The molecule has 27 heavy (non-hydrogen) atoms. The summed E-state index contributed by atoms with van der Waals surface area (Å²) in [4.78, 5) is 59.1. The Bertz CT molecular complexity index is 965. The Morgan fingerprint density at radius 2 is 2.07 bits per heavy atom. The third-order valence-electron chi connectivity index (χ3n) is 3.98. The van der Waals surface area contributed by atoms with Crippen molar-refractivity contribution in [3.8, 4) is 0 Å². The van der Waals surface area contributed by atoms with Gasteiger partial charge in [-0.25, -0.2) is 4.98 Å². The number of nitrogens with zero attached hydrogens (tertiary/aromatic N) is 3. The van der Waals surface area contributed by atoms with Gasteiger partial charge in [0.05, 0.1) is 22.6 Å². The van der Waals surface area contributed by atoms with Crippen LogP contribution in [0.25, 0.3) is 10.2 Å². The predicted octanol–water partition coefficient (Wildman–Crippen LogP) is 0.780. The van der Waals surface area contributed by atoms with Crippen molar-refractivity contribution in [3.63, 3.8) is 0 Å². The number of rotatable bonds is 6. The zero-order valence-corrected chi connectivity index (χ0v) is 16.8. The number of nitrogens with one attached hydrogen (secondary N) is 2. The third kappa shape index (κ3) is 4.04. The standard InChI is InChI=1S/C16H19N5O4S2/c1-8-11-13(23)18-9(6-20(2)3)19-15(11)27-12(8)14(24)17-4-5-21-10(22)7-26-16(21)25/h4-7H2,1-3H3,(H,17,24)(H,18,19,23). The van der Waals surface area contributed by atoms with Gasteiger partial charge >= 0.3 is 0 Å². The number of amides is 3. The molecule has 2 N–H and O–H groups in total. The van der Waals surface area contributed by atoms with Gasteiger partial charge in [0.2, 0.25) is 5.91 Å². The molecular weight excluding hydrogens is 390 g/mol. The van der Waals surface area contributed by atoms with Gasteiger partial charge in [-0.1, -0.05) is 11.8 Å². The topological polar surface area (TPSA) is 115 Å². The molecule has 144 valence electrons. The second-order valence-corrected chi connectivity index (χ2v) is 8.27. The van der Waals surface area contributed by atoms with E-state index >= 15 is 0 Å². The zero-order valence-electron chi connectivity index (χ0n) is 15.1. The van der Waals surface area contributed by atoms with Crippen LogP contribution in [-0.4, -0.2) is 69.8 Å². The van der Waals surface area contributed by atoms with Gasteiger partial charge in [0.25, 0.3) is 16.7 Å². The Hall–Kier alpha value is -2.24. The van der Waals surface area contributed by atoms with E-state index in [1.165, 1.54) is 0 Å². The molecule has 9 nitrogen and oxygen atoms in total. The number of aromatic amines is 1. The van der Waals surface area contributed by atoms with Crippen LogP contribution in [0.1, 0.15) is 21.1 Å². The predicted molar refractivity (Wildman–Crippen MR) is 104 cm³/mol. The molecule has 0 atom stereocenters. The minimum Gasteiger partial charge on any atom is -0.350 e. The molecule has 0 saturated carbocycles. The van der Waals surface area contributed by atoms with Gasteiger partial charge in [0.1, 0.15) is 10.7 Å². The molecule has 1 aliphatic heterocycles. The second-order valence-electron chi connectivity index (χ2n) is 6.34. The maximum Gasteiger partial charge on any atom is 0.288 e. The zero-order chi connectivity index (χ0) is 19.7. The Morgan fingerprint density at radius 1 is 1.33 bits per heavy atom. The van der Waals surface area contributed by atoms with Crippen molar-refractivity contribution in [2.75, 3.05) is 32.9 Å². The highest BCUT2D eigenvalue weighted by molar-refractivity contribution is 8.14. The van der Waals surface area contributed by atoms with E-state index in [-0.39, 0.29) is 41.5 Å². The normalized spacial score (nSPS) is 14.6. The Morgan fingerprint density at radius 3 is 2.70 bits per heavy atom. The Balaban J connectivity index is 1.75. The molecule has 0 radical (unpaired) electrons. The molecule has 3 amide bonds. The number of aromatic nitrogens is 2. The van der Waals surface area contributed by atoms with Crippen molar-refractivity contribution >= 4 is 50.4 Å². The fourth-order valence-corrected chi connectivity index (χ4v) is 4.61. The SMILES string of the molecule is Cc1c(C(=O)NCCN2C(=O)CSC2=O)sc2nc(CN(C)C)[nH]c(=O)c12. The average Bonchev–Trinajstić information content (AvgIpc) is 3.08. The van der Waals surface area contributed by atoms with Gasteiger partial charge in [-0.05, 0) is 26.6 Å². The van der Waals surface area contributed by atoms with Crippen LogP contribution in [0.4, 0.5) is 4.79 Å². The van der Waals surface area contributed by atoms with Crippen molar-refractivity contribution < 1.29 is 14.4 Å². The fraction of sp³-hybridized carbons (Fsp3) is 0.438. The molecule has 2 aromatic rings. The monoisotopic (exact) mass is 409 g/mol. The summed E-state index contributed by atoms with van der Waals surface area (Å²) in [6.07, 6.45) is 0. The summed E-state index contributed by atoms with van der Waals surface area (Å²) >= 11 is 2.12. The van der Waals surface area contributed by atoms with E-state index < -0.39 is 0 Å². The molecule has 3 heterocycles. The van der Waals surface area contributed by atoms with Gasteiger partial charge in [-0.2, -0.15) is 0 Å². The number of aryl methyl sites for hydroxylation is 1. The molecule has 1 aliphatic rings. The number of thiophene rings is 1. The molecular formula is C16H19N5O4S2. The van der Waals surface area contributed by atoms with E-state index in [0.717, 1.165) is 28.0 Å². The van der Waals surface area contributed by atoms with Crippen molar-refractivity contribution in [2.24, 2.45) is 0 Å². The number of carbonyl (C=O) groups is 3. The molecule has 2 aromatic heterocycles. The summed E-state index contributed by atoms with van der Waals surface area (Å²) in [5, 5.41) is 2.82. The first-order valence-electron chi connectivity index (χ1n) is 8.20. The van der Waals surface area contributed by atoms with Crippen LogP contribution in [0.3, 0.4) is 0 Å². The number of carbonyl (C=O) groups excluding carboxylic acids is 3. The highest BCUT2D eigenvalue weighted by Gasteiger charge is 2.29. The third-order valence-corrected chi connectivity index (χ3v) is 6.03. The lowest BCUT2D eigenvalue weighted by molar-refractivity contribution is -0.124. The summed E-state index contributed by atoms with van der Waals surface area (Å²) in [6, 6.07) is 0. The number of thioether (sulfide) groups is 1. The molecule has 0 spiro atoms. The lowest BCUT2D eigenvalue weighted by atomic mass is 10.2. The summed E-state index contributed by atoms with van der Waals surface area (Å²) in [7, 11) is 3.74. The second kappa shape index (κ2) is 7.79. The van der Waals surface area contributed by atoms with Gasteiger partial charge in [0.15, 0.2) is 0 Å². The van der Waals surface area contributed by atoms with Crippen LogP contribution in [0.15, 0.2) is 4.79 Å². The van der Waals surface area contributed by atoms with Crippen molar-refractivity contribution in [2.45, 2.75) is 13.5 Å². The van der Waals surface area contributed by atoms with E-state index in [4.69, 9.17) is 0 Å². The molecule has 1 fully saturated rings. The first kappa shape index (κ1) is 19.5. The number of hydrogen-bond acceptors (Lipinski definition) is 8. The average molecular weight is 409 g/mol. The Kier molecular flexibility index (Phi) is 5.63. The van der Waals surface area contributed by atoms with E-state index in [1.54, 1.807) is 6.92 Å². The van der Waals surface area contributed by atoms with Crippen LogP contribution in [0.2, 0.25) is 0 Å². The van der Waals surface area contributed by atoms with Gasteiger partial charge < -0.3 is 15.2 Å². The number of H-pyrrole nitrogens is 1. The Labute approximate surface area is 163 Å². The first-order chi connectivity index (χ1) is 12.8. The number of hydrogen-bond donors (Lipinski definition) is 2. The van der Waals surface area contributed by atoms with Crippen molar-refractivity contribution in [3.05, 3.63) is 26.6 Å². The van der Waals surface area contributed by atoms with E-state index in [1.807, 2.05) is 19.0 Å². The number of fused-ring (bicyclic) bond motifs is 1. The minimum absolute atomic E-state index is 0.131. The molecule has 1 saturated heterocycles. The number of imide groups is 1. The molecule has 0 aromatic carbocycles. The van der Waals surface area contributed by atoms with E-state index in [0.29, 0.717) is 33.0 Å². The van der Waals surface area contributed by atoms with Gasteiger partial charge in [-0.3, -0.25) is 24.1 Å². The van der Waals surface area contributed by atoms with Crippen LogP contribution >= 0.6 is 23.1 Å².